The third-order valence-electron chi connectivity index (χ3n) is 4.69. The SMILES string of the molecule is O=C(NC1CCCc2c1[nH]c1c(Cl)cccc21)c1c(F)cccc1F. The Kier molecular flexibility index (Phi) is 3.96. The fourth-order valence-electron chi connectivity index (χ4n) is 3.54. The summed E-state index contributed by atoms with van der Waals surface area (Å²) in [4.78, 5) is 15.7. The van der Waals surface area contributed by atoms with E-state index in [0.29, 0.717) is 11.4 Å². The molecule has 1 unspecified atom stereocenters. The first kappa shape index (κ1) is 16.1. The number of hydrogen-bond acceptors (Lipinski definition) is 1. The number of rotatable bonds is 2. The first-order chi connectivity index (χ1) is 12.1. The number of carbonyl (C=O) groups is 1. The number of aromatic nitrogens is 1. The third kappa shape index (κ3) is 2.68. The fraction of sp³-hybridized carbons (Fsp3) is 0.211. The predicted octanol–water partition coefficient (Wildman–Crippen LogP) is 4.91. The summed E-state index contributed by atoms with van der Waals surface area (Å²) in [5.74, 6) is -2.49. The van der Waals surface area contributed by atoms with Crippen LogP contribution in [0.1, 0.15) is 40.5 Å². The minimum Gasteiger partial charge on any atom is -0.355 e. The molecule has 25 heavy (non-hydrogen) atoms. The Balaban J connectivity index is 1.71. The summed E-state index contributed by atoms with van der Waals surface area (Å²) in [6.45, 7) is 0. The van der Waals surface area contributed by atoms with Crippen LogP contribution in [0.15, 0.2) is 36.4 Å². The zero-order valence-electron chi connectivity index (χ0n) is 13.2. The molecule has 3 aromatic rings. The van der Waals surface area contributed by atoms with E-state index in [1.807, 2.05) is 12.1 Å². The molecular weight excluding hydrogens is 346 g/mol. The molecule has 0 spiro atoms. The molecule has 1 atom stereocenters. The van der Waals surface area contributed by atoms with Gasteiger partial charge in [0.15, 0.2) is 0 Å². The molecule has 2 N–H and O–H groups in total. The largest absolute Gasteiger partial charge is 0.355 e. The molecular formula is C19H15ClF2N2O. The minimum absolute atomic E-state index is 0.335. The summed E-state index contributed by atoms with van der Waals surface area (Å²) in [6, 6.07) is 8.72. The van der Waals surface area contributed by atoms with Crippen LogP contribution in [0.2, 0.25) is 5.02 Å². The lowest BCUT2D eigenvalue weighted by molar-refractivity contribution is 0.0923. The van der Waals surface area contributed by atoms with Crippen LogP contribution in [0.5, 0.6) is 0 Å². The number of carbonyl (C=O) groups excluding carboxylic acids is 1. The molecule has 0 aliphatic heterocycles. The highest BCUT2D eigenvalue weighted by atomic mass is 35.5. The van der Waals surface area contributed by atoms with Gasteiger partial charge in [-0.15, -0.1) is 0 Å². The van der Waals surface area contributed by atoms with Gasteiger partial charge in [0.25, 0.3) is 5.91 Å². The summed E-state index contributed by atoms with van der Waals surface area (Å²) < 4.78 is 27.7. The van der Waals surface area contributed by atoms with E-state index in [2.05, 4.69) is 10.3 Å². The average molecular weight is 361 g/mol. The maximum atomic E-state index is 13.8. The lowest BCUT2D eigenvalue weighted by Gasteiger charge is -2.24. The molecule has 1 aromatic heterocycles. The number of hydrogen-bond donors (Lipinski definition) is 2. The van der Waals surface area contributed by atoms with Crippen molar-refractivity contribution in [3.05, 3.63) is 69.9 Å². The van der Waals surface area contributed by atoms with Crippen molar-refractivity contribution in [2.45, 2.75) is 25.3 Å². The van der Waals surface area contributed by atoms with Crippen molar-refractivity contribution in [1.29, 1.82) is 0 Å². The van der Waals surface area contributed by atoms with Gasteiger partial charge in [-0.05, 0) is 43.0 Å². The summed E-state index contributed by atoms with van der Waals surface area (Å²) in [6.07, 6.45) is 2.44. The van der Waals surface area contributed by atoms with E-state index in [0.717, 1.165) is 47.1 Å². The van der Waals surface area contributed by atoms with Gasteiger partial charge in [0, 0.05) is 11.1 Å². The summed E-state index contributed by atoms with van der Waals surface area (Å²) in [5.41, 5.74) is 2.23. The van der Waals surface area contributed by atoms with Crippen molar-refractivity contribution in [2.75, 3.05) is 0 Å². The second-order valence-corrected chi connectivity index (χ2v) is 6.60. The van der Waals surface area contributed by atoms with Crippen LogP contribution >= 0.6 is 11.6 Å². The maximum absolute atomic E-state index is 13.8. The lowest BCUT2D eigenvalue weighted by Crippen LogP contribution is -2.32. The average Bonchev–Trinajstić information content (AvgIpc) is 2.96. The maximum Gasteiger partial charge on any atom is 0.257 e. The standard InChI is InChI=1S/C19H15ClF2N2O/c20-12-6-1-4-10-11-5-2-9-15(18(11)24-17(10)12)23-19(25)16-13(21)7-3-8-14(16)22/h1,3-4,6-8,15,24H,2,5,9H2,(H,23,25). The van der Waals surface area contributed by atoms with E-state index in [4.69, 9.17) is 11.6 Å². The highest BCUT2D eigenvalue weighted by molar-refractivity contribution is 6.35. The van der Waals surface area contributed by atoms with Crippen molar-refractivity contribution in [3.8, 4) is 0 Å². The molecule has 6 heteroatoms. The van der Waals surface area contributed by atoms with Gasteiger partial charge in [0.05, 0.1) is 16.6 Å². The van der Waals surface area contributed by atoms with Crippen molar-refractivity contribution in [2.24, 2.45) is 0 Å². The van der Waals surface area contributed by atoms with Gasteiger partial charge in [0.1, 0.15) is 17.2 Å². The van der Waals surface area contributed by atoms with Crippen molar-refractivity contribution in [1.82, 2.24) is 10.3 Å². The molecule has 0 saturated carbocycles. The molecule has 1 aliphatic rings. The van der Waals surface area contributed by atoms with E-state index in [1.54, 1.807) is 6.07 Å². The number of H-pyrrole nitrogens is 1. The van der Waals surface area contributed by atoms with Crippen molar-refractivity contribution >= 4 is 28.4 Å². The quantitative estimate of drug-likeness (QED) is 0.670. The second-order valence-electron chi connectivity index (χ2n) is 6.19. The monoisotopic (exact) mass is 360 g/mol. The molecule has 3 nitrogen and oxygen atoms in total. The van der Waals surface area contributed by atoms with Crippen LogP contribution < -0.4 is 5.32 Å². The first-order valence-corrected chi connectivity index (χ1v) is 8.48. The van der Waals surface area contributed by atoms with Gasteiger partial charge in [-0.2, -0.15) is 0 Å². The Hall–Kier alpha value is -2.40. The molecule has 0 fully saturated rings. The molecule has 2 aromatic carbocycles. The van der Waals surface area contributed by atoms with Crippen LogP contribution in [0, 0.1) is 11.6 Å². The molecule has 0 bridgehead atoms. The van der Waals surface area contributed by atoms with Crippen LogP contribution in [0.3, 0.4) is 0 Å². The number of para-hydroxylation sites is 1. The Bertz CT molecular complexity index is 963. The number of fused-ring (bicyclic) bond motifs is 3. The number of nitrogens with one attached hydrogen (secondary N) is 2. The Labute approximate surface area is 148 Å². The van der Waals surface area contributed by atoms with Gasteiger partial charge in [0.2, 0.25) is 0 Å². The summed E-state index contributed by atoms with van der Waals surface area (Å²) >= 11 is 6.25. The summed E-state index contributed by atoms with van der Waals surface area (Å²) in [7, 11) is 0. The number of aryl methyl sites for hydroxylation is 1. The molecule has 128 valence electrons. The minimum atomic E-state index is -0.867. The zero-order valence-corrected chi connectivity index (χ0v) is 14.0. The van der Waals surface area contributed by atoms with Gasteiger partial charge in [-0.25, -0.2) is 8.78 Å². The number of halogens is 3. The normalized spacial score (nSPS) is 16.7. The summed E-state index contributed by atoms with van der Waals surface area (Å²) in [5, 5.41) is 4.40. The number of benzene rings is 2. The smallest absolute Gasteiger partial charge is 0.257 e. The van der Waals surface area contributed by atoms with E-state index < -0.39 is 23.1 Å². The topological polar surface area (TPSA) is 44.9 Å². The second kappa shape index (κ2) is 6.15. The van der Waals surface area contributed by atoms with Crippen LogP contribution in [0.25, 0.3) is 10.9 Å². The number of aromatic amines is 1. The zero-order chi connectivity index (χ0) is 17.6. The molecule has 0 saturated heterocycles. The molecule has 1 aliphatic carbocycles. The molecule has 0 radical (unpaired) electrons. The van der Waals surface area contributed by atoms with E-state index in [9.17, 15) is 13.6 Å². The first-order valence-electron chi connectivity index (χ1n) is 8.10. The highest BCUT2D eigenvalue weighted by Crippen LogP contribution is 2.37. The van der Waals surface area contributed by atoms with Crippen LogP contribution in [0.4, 0.5) is 8.78 Å². The van der Waals surface area contributed by atoms with Gasteiger partial charge in [-0.1, -0.05) is 29.8 Å². The Morgan fingerprint density at radius 3 is 2.64 bits per heavy atom. The van der Waals surface area contributed by atoms with E-state index >= 15 is 0 Å². The Morgan fingerprint density at radius 1 is 1.16 bits per heavy atom. The third-order valence-corrected chi connectivity index (χ3v) is 5.00. The van der Waals surface area contributed by atoms with E-state index in [1.165, 1.54) is 6.07 Å². The Morgan fingerprint density at radius 2 is 1.88 bits per heavy atom. The van der Waals surface area contributed by atoms with Crippen molar-refractivity contribution < 1.29 is 13.6 Å². The van der Waals surface area contributed by atoms with Gasteiger partial charge in [-0.3, -0.25) is 4.79 Å². The van der Waals surface area contributed by atoms with Crippen LogP contribution in [-0.4, -0.2) is 10.9 Å². The molecule has 1 heterocycles. The fourth-order valence-corrected chi connectivity index (χ4v) is 3.76. The molecule has 4 rings (SSSR count). The van der Waals surface area contributed by atoms with Gasteiger partial charge < -0.3 is 10.3 Å². The van der Waals surface area contributed by atoms with E-state index in [-0.39, 0.29) is 6.04 Å². The number of amides is 1. The van der Waals surface area contributed by atoms with Gasteiger partial charge >= 0.3 is 0 Å². The molecule has 1 amide bonds. The lowest BCUT2D eigenvalue weighted by atomic mass is 9.91. The highest BCUT2D eigenvalue weighted by Gasteiger charge is 2.28. The predicted molar refractivity (Wildman–Crippen MR) is 92.8 cm³/mol. The van der Waals surface area contributed by atoms with Crippen molar-refractivity contribution in [3.63, 3.8) is 0 Å². The van der Waals surface area contributed by atoms with Crippen LogP contribution in [-0.2, 0) is 6.42 Å².